The van der Waals surface area contributed by atoms with E-state index in [1.165, 1.54) is 6.42 Å². The van der Waals surface area contributed by atoms with E-state index in [1.54, 1.807) is 24.3 Å². The minimum Gasteiger partial charge on any atom is -0.378 e. The smallest absolute Gasteiger partial charge is 0.323 e. The van der Waals surface area contributed by atoms with Gasteiger partial charge in [-0.3, -0.25) is 4.79 Å². The molecule has 4 aliphatic rings. The van der Waals surface area contributed by atoms with Crippen LogP contribution in [0.25, 0.3) is 11.4 Å². The van der Waals surface area contributed by atoms with Gasteiger partial charge in [-0.2, -0.15) is 15.0 Å². The molecule has 4 fully saturated rings. The number of aromatic nitrogens is 3. The van der Waals surface area contributed by atoms with E-state index in [-0.39, 0.29) is 24.0 Å². The lowest BCUT2D eigenvalue weighted by atomic mass is 9.95. The van der Waals surface area contributed by atoms with Gasteiger partial charge in [0.05, 0.1) is 38.5 Å². The van der Waals surface area contributed by atoms with Crippen molar-refractivity contribution >= 4 is 35.2 Å². The van der Waals surface area contributed by atoms with E-state index in [0.29, 0.717) is 61.1 Å². The second-order valence-corrected chi connectivity index (χ2v) is 12.5. The van der Waals surface area contributed by atoms with Gasteiger partial charge in [0.1, 0.15) is 0 Å². The molecule has 0 saturated carbocycles. The van der Waals surface area contributed by atoms with Crippen molar-refractivity contribution in [2.45, 2.75) is 38.3 Å². The number of hydrogen-bond donors (Lipinski definition) is 2. The minimum atomic E-state index is -0.372. The highest BCUT2D eigenvalue weighted by Crippen LogP contribution is 2.33. The number of piperazine rings is 1. The molecule has 0 aliphatic carbocycles. The third-order valence-corrected chi connectivity index (χ3v) is 9.52. The Morgan fingerprint density at radius 2 is 1.38 bits per heavy atom. The van der Waals surface area contributed by atoms with Crippen molar-refractivity contribution in [1.82, 2.24) is 24.8 Å². The summed E-state index contributed by atoms with van der Waals surface area (Å²) in [7, 11) is 0. The molecule has 2 bridgehead atoms. The van der Waals surface area contributed by atoms with E-state index in [4.69, 9.17) is 24.4 Å². The number of nitrogens with one attached hydrogen (secondary N) is 2. The van der Waals surface area contributed by atoms with E-state index in [9.17, 15) is 9.59 Å². The number of hydrogen-bond acceptors (Lipinski definition) is 10. The van der Waals surface area contributed by atoms with Crippen LogP contribution in [-0.4, -0.2) is 121 Å². The first-order valence-electron chi connectivity index (χ1n) is 16.8. The zero-order chi connectivity index (χ0) is 32.2. The Morgan fingerprint density at radius 3 is 2.02 bits per heavy atom. The highest BCUT2D eigenvalue weighted by molar-refractivity contribution is 6.00. The van der Waals surface area contributed by atoms with Crippen LogP contribution in [0.5, 0.6) is 0 Å². The van der Waals surface area contributed by atoms with Gasteiger partial charge in [0, 0.05) is 61.8 Å². The average molecular weight is 642 g/mol. The largest absolute Gasteiger partial charge is 0.378 e. The fraction of sp³-hybridized carbons (Fsp3) is 0.500. The number of likely N-dealkylation sites (N-methyl/N-ethyl adjacent to an activating group) is 1. The predicted molar refractivity (Wildman–Crippen MR) is 180 cm³/mol. The van der Waals surface area contributed by atoms with Gasteiger partial charge < -0.3 is 39.7 Å². The summed E-state index contributed by atoms with van der Waals surface area (Å²) in [6.45, 7) is 10.5. The summed E-state index contributed by atoms with van der Waals surface area (Å²) >= 11 is 0. The standard InChI is InChI=1S/C34H43N9O4/c1-2-40-14-16-41(17-15-40)31(44)25-8-12-27(13-9-25)36-34(45)35-26-10-6-24(7-11-26)30-37-32(42-18-20-46-21-19-42)39-33(38-30)43-28-4-3-5-29(43)23-47-22-28/h6-13,28-29H,2-5,14-23H2,1H3,(H2,35,36,45). The summed E-state index contributed by atoms with van der Waals surface area (Å²) < 4.78 is 11.5. The monoisotopic (exact) mass is 641 g/mol. The zero-order valence-corrected chi connectivity index (χ0v) is 26.9. The molecular formula is C34H43N9O4. The van der Waals surface area contributed by atoms with Crippen LogP contribution in [0.4, 0.5) is 28.1 Å². The lowest BCUT2D eigenvalue weighted by molar-refractivity contribution is 0.0452. The van der Waals surface area contributed by atoms with Crippen molar-refractivity contribution in [2.24, 2.45) is 0 Å². The quantitative estimate of drug-likeness (QED) is 0.395. The van der Waals surface area contributed by atoms with E-state index in [1.807, 2.05) is 29.2 Å². The first-order chi connectivity index (χ1) is 23.0. The Labute approximate surface area is 275 Å². The number of anilines is 4. The van der Waals surface area contributed by atoms with Gasteiger partial charge in [0.25, 0.3) is 5.91 Å². The molecule has 2 N–H and O–H groups in total. The zero-order valence-electron chi connectivity index (χ0n) is 26.9. The molecule has 0 radical (unpaired) electrons. The summed E-state index contributed by atoms with van der Waals surface area (Å²) in [4.78, 5) is 49.3. The average Bonchev–Trinajstić information content (AvgIpc) is 3.12. The van der Waals surface area contributed by atoms with E-state index >= 15 is 0 Å². The third kappa shape index (κ3) is 7.16. The lowest BCUT2D eigenvalue weighted by Crippen LogP contribution is -2.56. The van der Waals surface area contributed by atoms with Crippen LogP contribution in [0, 0.1) is 0 Å². The molecule has 3 amide bonds. The summed E-state index contributed by atoms with van der Waals surface area (Å²) in [5, 5.41) is 5.75. The van der Waals surface area contributed by atoms with Gasteiger partial charge in [-0.1, -0.05) is 6.92 Å². The molecule has 248 valence electrons. The van der Waals surface area contributed by atoms with Gasteiger partial charge in [0.2, 0.25) is 11.9 Å². The molecule has 4 saturated heterocycles. The van der Waals surface area contributed by atoms with Gasteiger partial charge in [-0.25, -0.2) is 4.79 Å². The SMILES string of the molecule is CCN1CCN(C(=O)c2ccc(NC(=O)Nc3ccc(-c4nc(N5CCOCC5)nc(N5C6CCCC5COC6)n4)cc3)cc2)CC1. The van der Waals surface area contributed by atoms with Crippen LogP contribution >= 0.6 is 0 Å². The normalized spacial score (nSPS) is 21.8. The number of urea groups is 1. The molecule has 1 aromatic heterocycles. The van der Waals surface area contributed by atoms with Gasteiger partial charge >= 0.3 is 6.03 Å². The number of nitrogens with zero attached hydrogens (tertiary/aromatic N) is 7. The molecule has 4 aliphatic heterocycles. The lowest BCUT2D eigenvalue weighted by Gasteiger charge is -2.45. The third-order valence-electron chi connectivity index (χ3n) is 9.52. The van der Waals surface area contributed by atoms with Crippen molar-refractivity contribution < 1.29 is 19.1 Å². The van der Waals surface area contributed by atoms with E-state index < -0.39 is 0 Å². The number of ether oxygens (including phenoxy) is 2. The van der Waals surface area contributed by atoms with E-state index in [0.717, 1.165) is 64.2 Å². The van der Waals surface area contributed by atoms with Crippen molar-refractivity contribution in [3.05, 3.63) is 54.1 Å². The highest BCUT2D eigenvalue weighted by atomic mass is 16.5. The minimum absolute atomic E-state index is 0.0204. The van der Waals surface area contributed by atoms with E-state index in [2.05, 4.69) is 32.3 Å². The Morgan fingerprint density at radius 1 is 0.766 bits per heavy atom. The second kappa shape index (κ2) is 14.2. The first-order valence-corrected chi connectivity index (χ1v) is 16.8. The topological polar surface area (TPSA) is 128 Å². The molecule has 0 spiro atoms. The van der Waals surface area contributed by atoms with Crippen LogP contribution in [-0.2, 0) is 9.47 Å². The van der Waals surface area contributed by atoms with Gasteiger partial charge in [-0.05, 0) is 74.3 Å². The Kier molecular flexibility index (Phi) is 9.45. The first kappa shape index (κ1) is 31.3. The predicted octanol–water partition coefficient (Wildman–Crippen LogP) is 3.55. The maximum Gasteiger partial charge on any atom is 0.323 e. The number of amides is 3. The number of morpholine rings is 2. The molecule has 5 heterocycles. The molecule has 2 aromatic carbocycles. The highest BCUT2D eigenvalue weighted by Gasteiger charge is 2.37. The molecule has 2 atom stereocenters. The molecule has 2 unspecified atom stereocenters. The van der Waals surface area contributed by atoms with Crippen LogP contribution in [0.2, 0.25) is 0 Å². The fourth-order valence-electron chi connectivity index (χ4n) is 6.80. The fourth-order valence-corrected chi connectivity index (χ4v) is 6.80. The maximum atomic E-state index is 12.9. The van der Waals surface area contributed by atoms with Crippen LogP contribution < -0.4 is 20.4 Å². The summed E-state index contributed by atoms with van der Waals surface area (Å²) in [5.74, 6) is 1.97. The number of rotatable bonds is 7. The molecule has 47 heavy (non-hydrogen) atoms. The molecule has 13 nitrogen and oxygen atoms in total. The second-order valence-electron chi connectivity index (χ2n) is 12.5. The van der Waals surface area contributed by atoms with Crippen molar-refractivity contribution in [3.8, 4) is 11.4 Å². The van der Waals surface area contributed by atoms with Crippen LogP contribution in [0.1, 0.15) is 36.5 Å². The number of fused-ring (bicyclic) bond motifs is 2. The molecule has 13 heteroatoms. The number of benzene rings is 2. The van der Waals surface area contributed by atoms with Crippen LogP contribution in [0.15, 0.2) is 48.5 Å². The van der Waals surface area contributed by atoms with Gasteiger partial charge in [-0.15, -0.1) is 0 Å². The number of carbonyl (C=O) groups excluding carboxylic acids is 2. The Hall–Kier alpha value is -4.33. The maximum absolute atomic E-state index is 12.9. The van der Waals surface area contributed by atoms with Gasteiger partial charge in [0.15, 0.2) is 5.82 Å². The molecule has 3 aromatic rings. The van der Waals surface area contributed by atoms with Crippen LogP contribution in [0.3, 0.4) is 0 Å². The number of piperidine rings is 1. The van der Waals surface area contributed by atoms with Crippen molar-refractivity contribution in [1.29, 1.82) is 0 Å². The molecular weight excluding hydrogens is 598 g/mol. The summed E-state index contributed by atoms with van der Waals surface area (Å²) in [5.41, 5.74) is 2.69. The summed E-state index contributed by atoms with van der Waals surface area (Å²) in [6, 6.07) is 14.7. The Balaban J connectivity index is 1.02. The van der Waals surface area contributed by atoms with Crippen molar-refractivity contribution in [2.75, 3.05) is 92.7 Å². The number of carbonyl (C=O) groups is 2. The van der Waals surface area contributed by atoms with Crippen molar-refractivity contribution in [3.63, 3.8) is 0 Å². The molecule has 7 rings (SSSR count). The Bertz CT molecular complexity index is 1520. The summed E-state index contributed by atoms with van der Waals surface area (Å²) in [6.07, 6.45) is 3.31.